The molecule has 0 aliphatic rings. The Bertz CT molecular complexity index is 109. The summed E-state index contributed by atoms with van der Waals surface area (Å²) in [7, 11) is 0. The van der Waals surface area contributed by atoms with Crippen molar-refractivity contribution < 1.29 is 19.5 Å². The van der Waals surface area contributed by atoms with Crippen molar-refractivity contribution >= 4 is 0 Å². The maximum absolute atomic E-state index is 3.70. The van der Waals surface area contributed by atoms with Crippen molar-refractivity contribution in [2.75, 3.05) is 0 Å². The van der Waals surface area contributed by atoms with E-state index in [0.717, 1.165) is 25.7 Å². The summed E-state index contributed by atoms with van der Waals surface area (Å²) in [6.45, 7) is 18.8. The Morgan fingerprint density at radius 1 is 0.923 bits per heavy atom. The fourth-order valence-corrected chi connectivity index (χ4v) is 0.604. The van der Waals surface area contributed by atoms with Gasteiger partial charge in [-0.1, -0.05) is 24.0 Å². The van der Waals surface area contributed by atoms with Gasteiger partial charge in [0.15, 0.2) is 0 Å². The van der Waals surface area contributed by atoms with Crippen LogP contribution < -0.4 is 0 Å². The summed E-state index contributed by atoms with van der Waals surface area (Å²) < 4.78 is 0. The number of hydrogen-bond acceptors (Lipinski definition) is 0. The molecule has 0 unspecified atom stereocenters. The van der Waals surface area contributed by atoms with E-state index in [1.54, 1.807) is 0 Å². The van der Waals surface area contributed by atoms with E-state index in [0.29, 0.717) is 0 Å². The first-order chi connectivity index (χ1) is 5.54. The maximum Gasteiger partial charge on any atom is 2.00 e. The van der Waals surface area contributed by atoms with Gasteiger partial charge in [-0.2, -0.15) is 12.8 Å². The van der Waals surface area contributed by atoms with Crippen LogP contribution in [-0.4, -0.2) is 0 Å². The van der Waals surface area contributed by atoms with E-state index in [1.807, 2.05) is 13.8 Å². The van der Waals surface area contributed by atoms with Gasteiger partial charge < -0.3 is 13.8 Å². The molecular formula is C12H22Zn. The van der Waals surface area contributed by atoms with Crippen LogP contribution >= 0.6 is 0 Å². The van der Waals surface area contributed by atoms with Crippen LogP contribution in [0.1, 0.15) is 39.5 Å². The molecule has 0 fully saturated rings. The van der Waals surface area contributed by atoms with Gasteiger partial charge in [0.2, 0.25) is 0 Å². The summed E-state index contributed by atoms with van der Waals surface area (Å²) in [4.78, 5) is 0. The molecule has 0 saturated carbocycles. The molecule has 0 aliphatic heterocycles. The molecule has 1 heteroatoms. The zero-order valence-corrected chi connectivity index (χ0v) is 12.3. The molecule has 0 radical (unpaired) electrons. The van der Waals surface area contributed by atoms with Crippen LogP contribution in [0.3, 0.4) is 0 Å². The monoisotopic (exact) mass is 230 g/mol. The van der Waals surface area contributed by atoms with Gasteiger partial charge in [0.05, 0.1) is 0 Å². The standard InChI is InChI=1S/2C6H11.Zn/c2*1-4-5-6(2)3;/h2*1-2,4-5H2,3H3;/q2*-1;+2. The average Bonchev–Trinajstić information content (AvgIpc) is 1.87. The van der Waals surface area contributed by atoms with Gasteiger partial charge in [0, 0.05) is 0 Å². The molecule has 0 atom stereocenters. The minimum Gasteiger partial charge on any atom is -0.343 e. The molecule has 0 aliphatic carbocycles. The number of allylic oxidation sites excluding steroid dienone is 2. The third kappa shape index (κ3) is 33.2. The van der Waals surface area contributed by atoms with Crippen molar-refractivity contribution in [2.24, 2.45) is 0 Å². The Balaban J connectivity index is -0.000000143. The molecule has 0 bridgehead atoms. The average molecular weight is 232 g/mol. The summed E-state index contributed by atoms with van der Waals surface area (Å²) in [5, 5.41) is 0. The molecule has 0 rings (SSSR count). The van der Waals surface area contributed by atoms with Crippen LogP contribution in [0, 0.1) is 13.8 Å². The predicted molar refractivity (Wildman–Crippen MR) is 58.8 cm³/mol. The van der Waals surface area contributed by atoms with Crippen molar-refractivity contribution in [3.63, 3.8) is 0 Å². The molecule has 0 saturated heterocycles. The van der Waals surface area contributed by atoms with Gasteiger partial charge >= 0.3 is 19.5 Å². The molecule has 13 heavy (non-hydrogen) atoms. The molecule has 0 nitrogen and oxygen atoms in total. The molecule has 0 N–H and O–H groups in total. The van der Waals surface area contributed by atoms with Crippen LogP contribution in [0.5, 0.6) is 0 Å². The molecule has 0 heterocycles. The van der Waals surface area contributed by atoms with Crippen LogP contribution in [-0.2, 0) is 19.5 Å². The first kappa shape index (κ1) is 18.8. The Hall–Kier alpha value is 0.103. The first-order valence-electron chi connectivity index (χ1n) is 4.41. The molecular weight excluding hydrogens is 210 g/mol. The summed E-state index contributed by atoms with van der Waals surface area (Å²) in [6.07, 6.45) is 4.10. The van der Waals surface area contributed by atoms with E-state index in [2.05, 4.69) is 27.0 Å². The fourth-order valence-electron chi connectivity index (χ4n) is 0.604. The second kappa shape index (κ2) is 14.6. The van der Waals surface area contributed by atoms with Crippen molar-refractivity contribution in [2.45, 2.75) is 39.5 Å². The Kier molecular flexibility index (Phi) is 21.1. The zero-order valence-electron chi connectivity index (χ0n) is 9.36. The van der Waals surface area contributed by atoms with E-state index in [1.165, 1.54) is 11.1 Å². The Morgan fingerprint density at radius 2 is 1.15 bits per heavy atom. The van der Waals surface area contributed by atoms with Gasteiger partial charge in [-0.3, -0.25) is 0 Å². The predicted octanol–water partition coefficient (Wildman–Crippen LogP) is 4.35. The van der Waals surface area contributed by atoms with E-state index in [4.69, 9.17) is 0 Å². The summed E-state index contributed by atoms with van der Waals surface area (Å²) in [6, 6.07) is 0. The largest absolute Gasteiger partial charge is 2.00 e. The summed E-state index contributed by atoms with van der Waals surface area (Å²) in [5.41, 5.74) is 2.45. The van der Waals surface area contributed by atoms with Crippen LogP contribution in [0.15, 0.2) is 24.3 Å². The molecule has 0 aromatic heterocycles. The molecule has 0 amide bonds. The minimum atomic E-state index is 0. The summed E-state index contributed by atoms with van der Waals surface area (Å²) in [5.74, 6) is 0. The zero-order chi connectivity index (χ0) is 9.98. The van der Waals surface area contributed by atoms with E-state index >= 15 is 0 Å². The van der Waals surface area contributed by atoms with E-state index in [9.17, 15) is 0 Å². The fraction of sp³-hybridized carbons (Fsp3) is 0.500. The normalized spacial score (nSPS) is 7.69. The van der Waals surface area contributed by atoms with Gasteiger partial charge in [-0.25, -0.2) is 0 Å². The van der Waals surface area contributed by atoms with Crippen LogP contribution in [0.2, 0.25) is 0 Å². The van der Waals surface area contributed by atoms with E-state index < -0.39 is 0 Å². The maximum atomic E-state index is 3.70. The quantitative estimate of drug-likeness (QED) is 0.383. The minimum absolute atomic E-state index is 0. The molecule has 0 aromatic carbocycles. The smallest absolute Gasteiger partial charge is 0.343 e. The third-order valence-electron chi connectivity index (χ3n) is 1.21. The topological polar surface area (TPSA) is 0 Å². The van der Waals surface area contributed by atoms with Crippen LogP contribution in [0.4, 0.5) is 0 Å². The molecule has 0 spiro atoms. The van der Waals surface area contributed by atoms with Crippen LogP contribution in [0.25, 0.3) is 0 Å². The van der Waals surface area contributed by atoms with Crippen molar-refractivity contribution in [1.29, 1.82) is 0 Å². The number of rotatable bonds is 4. The first-order valence-corrected chi connectivity index (χ1v) is 4.41. The van der Waals surface area contributed by atoms with Gasteiger partial charge in [0.1, 0.15) is 0 Å². The summed E-state index contributed by atoms with van der Waals surface area (Å²) >= 11 is 0. The van der Waals surface area contributed by atoms with Crippen molar-refractivity contribution in [3.8, 4) is 0 Å². The van der Waals surface area contributed by atoms with Gasteiger partial charge in [0.25, 0.3) is 0 Å². The SMILES string of the molecule is C=C(C)CC[CH2-].C=C(C)CC[CH2-].[Zn+2]. The second-order valence-electron chi connectivity index (χ2n) is 3.12. The molecule has 72 valence electrons. The van der Waals surface area contributed by atoms with Crippen molar-refractivity contribution in [3.05, 3.63) is 38.2 Å². The van der Waals surface area contributed by atoms with Gasteiger partial charge in [-0.15, -0.1) is 13.2 Å². The van der Waals surface area contributed by atoms with Gasteiger partial charge in [-0.05, 0) is 13.8 Å². The number of hydrogen-bond donors (Lipinski definition) is 0. The molecule has 0 aromatic rings. The van der Waals surface area contributed by atoms with Crippen molar-refractivity contribution in [1.82, 2.24) is 0 Å². The Labute approximate surface area is 97.3 Å². The third-order valence-corrected chi connectivity index (χ3v) is 1.21. The van der Waals surface area contributed by atoms with E-state index in [-0.39, 0.29) is 19.5 Å². The second-order valence-corrected chi connectivity index (χ2v) is 3.12. The Morgan fingerprint density at radius 3 is 1.15 bits per heavy atom.